The summed E-state index contributed by atoms with van der Waals surface area (Å²) in [4.78, 5) is 16.6. The molecule has 1 aromatic heterocycles. The Bertz CT molecular complexity index is 817. The van der Waals surface area contributed by atoms with Crippen LogP contribution in [0.4, 0.5) is 28.0 Å². The second-order valence-electron chi connectivity index (χ2n) is 6.59. The molecular weight excluding hydrogens is 378 g/mol. The van der Waals surface area contributed by atoms with Crippen molar-refractivity contribution in [2.75, 3.05) is 25.0 Å². The Morgan fingerprint density at radius 1 is 1.25 bits per heavy atom. The van der Waals surface area contributed by atoms with Crippen molar-refractivity contribution in [1.29, 1.82) is 0 Å². The molecule has 0 spiro atoms. The van der Waals surface area contributed by atoms with E-state index < -0.39 is 36.1 Å². The van der Waals surface area contributed by atoms with Gasteiger partial charge in [0.05, 0.1) is 18.4 Å². The fourth-order valence-corrected chi connectivity index (χ4v) is 2.96. The molecule has 1 amide bonds. The number of alkyl halides is 2. The number of anilines is 1. The van der Waals surface area contributed by atoms with E-state index in [4.69, 9.17) is 4.74 Å². The number of nitrogens with one attached hydrogen (secondary N) is 1. The lowest BCUT2D eigenvalue weighted by Crippen LogP contribution is -2.52. The van der Waals surface area contributed by atoms with E-state index in [0.717, 1.165) is 11.1 Å². The van der Waals surface area contributed by atoms with Gasteiger partial charge >= 0.3 is 6.09 Å². The smallest absolute Gasteiger partial charge is 0.410 e. The predicted octanol–water partition coefficient (Wildman–Crippen LogP) is 4.07. The largest absolute Gasteiger partial charge is 0.445 e. The maximum atomic E-state index is 14.5. The second kappa shape index (κ2) is 8.45. The van der Waals surface area contributed by atoms with Crippen molar-refractivity contribution in [2.45, 2.75) is 19.0 Å². The Morgan fingerprint density at radius 2 is 2.00 bits per heavy atom. The van der Waals surface area contributed by atoms with Crippen LogP contribution >= 0.6 is 0 Å². The summed E-state index contributed by atoms with van der Waals surface area (Å²) in [5, 5.41) is 2.67. The standard InChI is InChI=1S/C19H19F4N3O2/c20-15-3-1-13(2-4-15)11-28-18(27)26-8-6-14(19(22,23)12-26)9-25-17-5-7-24-10-16(17)21/h1-5,7,10,14H,6,8-9,11-12H2,(H,24,25)/t14-/m1/s1. The molecule has 1 aliphatic heterocycles. The molecule has 0 unspecified atom stereocenters. The van der Waals surface area contributed by atoms with Gasteiger partial charge in [0, 0.05) is 25.2 Å². The lowest BCUT2D eigenvalue weighted by molar-refractivity contribution is -0.101. The zero-order valence-electron chi connectivity index (χ0n) is 14.9. The summed E-state index contributed by atoms with van der Waals surface area (Å²) in [5.41, 5.74) is 0.659. The van der Waals surface area contributed by atoms with Gasteiger partial charge in [-0.05, 0) is 30.2 Å². The van der Waals surface area contributed by atoms with Crippen molar-refractivity contribution in [3.63, 3.8) is 0 Å². The Labute approximate surface area is 159 Å². The first-order chi connectivity index (χ1) is 13.3. The highest BCUT2D eigenvalue weighted by atomic mass is 19.3. The van der Waals surface area contributed by atoms with E-state index in [9.17, 15) is 22.4 Å². The number of pyridine rings is 1. The Morgan fingerprint density at radius 3 is 2.68 bits per heavy atom. The molecule has 1 N–H and O–H groups in total. The van der Waals surface area contributed by atoms with Gasteiger partial charge in [-0.3, -0.25) is 4.98 Å². The number of piperidine rings is 1. The SMILES string of the molecule is O=C(OCc1ccc(F)cc1)N1CC[C@H](CNc2ccncc2F)C(F)(F)C1. The van der Waals surface area contributed by atoms with Crippen LogP contribution in [-0.2, 0) is 11.3 Å². The van der Waals surface area contributed by atoms with E-state index in [2.05, 4.69) is 10.3 Å². The lowest BCUT2D eigenvalue weighted by Gasteiger charge is -2.37. The summed E-state index contributed by atoms with van der Waals surface area (Å²) in [5.74, 6) is -5.24. The number of ether oxygens (including phenoxy) is 1. The van der Waals surface area contributed by atoms with Crippen molar-refractivity contribution >= 4 is 11.8 Å². The Balaban J connectivity index is 1.51. The number of hydrogen-bond donors (Lipinski definition) is 1. The second-order valence-corrected chi connectivity index (χ2v) is 6.59. The molecular formula is C19H19F4N3O2. The highest BCUT2D eigenvalue weighted by molar-refractivity contribution is 5.68. The molecule has 1 atom stereocenters. The van der Waals surface area contributed by atoms with E-state index in [1.54, 1.807) is 0 Å². The molecule has 2 aromatic rings. The van der Waals surface area contributed by atoms with Crippen LogP contribution in [0, 0.1) is 17.6 Å². The highest BCUT2D eigenvalue weighted by Crippen LogP contribution is 2.33. The highest BCUT2D eigenvalue weighted by Gasteiger charge is 2.46. The molecule has 1 saturated heterocycles. The average molecular weight is 397 g/mol. The maximum Gasteiger partial charge on any atom is 0.410 e. The van der Waals surface area contributed by atoms with E-state index >= 15 is 0 Å². The van der Waals surface area contributed by atoms with Crippen molar-refractivity contribution in [3.05, 3.63) is 59.9 Å². The first-order valence-corrected chi connectivity index (χ1v) is 8.72. The third-order valence-corrected chi connectivity index (χ3v) is 4.59. The Kier molecular flexibility index (Phi) is 6.01. The van der Waals surface area contributed by atoms with Crippen LogP contribution in [0.5, 0.6) is 0 Å². The Hall–Kier alpha value is -2.84. The number of nitrogens with zero attached hydrogens (tertiary/aromatic N) is 2. The van der Waals surface area contributed by atoms with Gasteiger partial charge in [-0.25, -0.2) is 22.4 Å². The molecule has 0 aliphatic carbocycles. The third kappa shape index (κ3) is 4.90. The van der Waals surface area contributed by atoms with E-state index in [0.29, 0.717) is 5.56 Å². The van der Waals surface area contributed by atoms with Gasteiger partial charge in [0.25, 0.3) is 5.92 Å². The van der Waals surface area contributed by atoms with Crippen LogP contribution in [0.15, 0.2) is 42.7 Å². The molecule has 5 nitrogen and oxygen atoms in total. The predicted molar refractivity (Wildman–Crippen MR) is 93.9 cm³/mol. The van der Waals surface area contributed by atoms with Gasteiger partial charge < -0.3 is 15.0 Å². The minimum atomic E-state index is -3.15. The van der Waals surface area contributed by atoms with Crippen LogP contribution in [0.3, 0.4) is 0 Å². The van der Waals surface area contributed by atoms with Crippen LogP contribution < -0.4 is 5.32 Å². The molecule has 2 heterocycles. The molecule has 0 radical (unpaired) electrons. The molecule has 9 heteroatoms. The van der Waals surface area contributed by atoms with Crippen molar-refractivity contribution in [2.24, 2.45) is 5.92 Å². The first-order valence-electron chi connectivity index (χ1n) is 8.72. The zero-order valence-corrected chi connectivity index (χ0v) is 14.9. The summed E-state index contributed by atoms with van der Waals surface area (Å²) in [7, 11) is 0. The molecule has 0 saturated carbocycles. The van der Waals surface area contributed by atoms with E-state index in [1.165, 1.54) is 36.5 Å². The molecule has 1 aliphatic rings. The number of likely N-dealkylation sites (tertiary alicyclic amines) is 1. The van der Waals surface area contributed by atoms with Gasteiger partial charge in [0.15, 0.2) is 5.82 Å². The number of hydrogen-bond acceptors (Lipinski definition) is 4. The van der Waals surface area contributed by atoms with Crippen molar-refractivity contribution in [3.8, 4) is 0 Å². The summed E-state index contributed by atoms with van der Waals surface area (Å²) < 4.78 is 60.4. The van der Waals surface area contributed by atoms with Gasteiger partial charge in [0.2, 0.25) is 0 Å². The van der Waals surface area contributed by atoms with E-state index in [-0.39, 0.29) is 31.8 Å². The number of rotatable bonds is 5. The van der Waals surface area contributed by atoms with Crippen LogP contribution in [0.1, 0.15) is 12.0 Å². The minimum Gasteiger partial charge on any atom is -0.445 e. The number of aromatic nitrogens is 1. The zero-order chi connectivity index (χ0) is 20.1. The molecule has 0 bridgehead atoms. The van der Waals surface area contributed by atoms with E-state index in [1.807, 2.05) is 0 Å². The van der Waals surface area contributed by atoms with Crippen LogP contribution in [0.2, 0.25) is 0 Å². The number of carbonyl (C=O) groups is 1. The lowest BCUT2D eigenvalue weighted by atomic mass is 9.93. The molecule has 28 heavy (non-hydrogen) atoms. The molecule has 1 aromatic carbocycles. The molecule has 150 valence electrons. The minimum absolute atomic E-state index is 0.0400. The quantitative estimate of drug-likeness (QED) is 0.773. The average Bonchev–Trinajstić information content (AvgIpc) is 2.67. The van der Waals surface area contributed by atoms with Gasteiger partial charge in [-0.15, -0.1) is 0 Å². The molecule has 1 fully saturated rings. The number of halogens is 4. The monoisotopic (exact) mass is 397 g/mol. The number of amides is 1. The topological polar surface area (TPSA) is 54.5 Å². The maximum absolute atomic E-state index is 14.5. The fourth-order valence-electron chi connectivity index (χ4n) is 2.96. The number of carbonyl (C=O) groups excluding carboxylic acids is 1. The van der Waals surface area contributed by atoms with Gasteiger partial charge in [-0.2, -0.15) is 0 Å². The summed E-state index contributed by atoms with van der Waals surface area (Å²) in [6.07, 6.45) is 1.55. The fraction of sp³-hybridized carbons (Fsp3) is 0.368. The van der Waals surface area contributed by atoms with Crippen LogP contribution in [-0.4, -0.2) is 41.5 Å². The molecule has 3 rings (SSSR count). The van der Waals surface area contributed by atoms with Gasteiger partial charge in [0.1, 0.15) is 12.4 Å². The van der Waals surface area contributed by atoms with Crippen LogP contribution in [0.25, 0.3) is 0 Å². The van der Waals surface area contributed by atoms with Gasteiger partial charge in [-0.1, -0.05) is 12.1 Å². The number of benzene rings is 1. The van der Waals surface area contributed by atoms with Crippen molar-refractivity contribution in [1.82, 2.24) is 9.88 Å². The summed E-state index contributed by atoms with van der Waals surface area (Å²) in [6, 6.07) is 6.72. The first kappa shape index (κ1) is 19.9. The summed E-state index contributed by atoms with van der Waals surface area (Å²) in [6.45, 7) is -0.941. The third-order valence-electron chi connectivity index (χ3n) is 4.59. The van der Waals surface area contributed by atoms with Crippen molar-refractivity contribution < 1.29 is 27.1 Å². The normalized spacial score (nSPS) is 18.6. The summed E-state index contributed by atoms with van der Waals surface area (Å²) >= 11 is 0.